The standard InChI is InChI=1S/C14H12F2N2O2S/c1-4-10-5-13(15)14(16)6-12(10)11-7-17-18(8-11)21(19,20)9(2)3/h1,5-9H,2-3H3. The maximum atomic E-state index is 13.4. The van der Waals surface area contributed by atoms with Gasteiger partial charge in [-0.3, -0.25) is 0 Å². The molecule has 0 fully saturated rings. The minimum absolute atomic E-state index is 0.121. The van der Waals surface area contributed by atoms with Gasteiger partial charge in [0.2, 0.25) is 0 Å². The van der Waals surface area contributed by atoms with E-state index in [1.54, 1.807) is 0 Å². The van der Waals surface area contributed by atoms with Gasteiger partial charge < -0.3 is 0 Å². The molecule has 0 N–H and O–H groups in total. The van der Waals surface area contributed by atoms with E-state index in [4.69, 9.17) is 6.42 Å². The van der Waals surface area contributed by atoms with Gasteiger partial charge in [0.25, 0.3) is 10.0 Å². The van der Waals surface area contributed by atoms with Crippen LogP contribution in [0.5, 0.6) is 0 Å². The lowest BCUT2D eigenvalue weighted by atomic mass is 10.0. The molecule has 0 atom stereocenters. The number of terminal acetylenes is 1. The first-order valence-electron chi connectivity index (χ1n) is 6.02. The highest BCUT2D eigenvalue weighted by atomic mass is 32.2. The van der Waals surface area contributed by atoms with Crippen LogP contribution >= 0.6 is 0 Å². The van der Waals surface area contributed by atoms with Crippen LogP contribution in [0.3, 0.4) is 0 Å². The van der Waals surface area contributed by atoms with Crippen LogP contribution in [0.25, 0.3) is 11.1 Å². The van der Waals surface area contributed by atoms with E-state index in [0.29, 0.717) is 5.56 Å². The molecule has 4 nitrogen and oxygen atoms in total. The summed E-state index contributed by atoms with van der Waals surface area (Å²) < 4.78 is 51.3. The molecule has 2 aromatic rings. The first-order valence-corrected chi connectivity index (χ1v) is 7.52. The lowest BCUT2D eigenvalue weighted by molar-refractivity contribution is 0.509. The highest BCUT2D eigenvalue weighted by molar-refractivity contribution is 7.90. The number of rotatable bonds is 3. The largest absolute Gasteiger partial charge is 0.256 e. The van der Waals surface area contributed by atoms with Gasteiger partial charge in [0.05, 0.1) is 17.6 Å². The number of halogens is 2. The van der Waals surface area contributed by atoms with E-state index in [1.165, 1.54) is 26.2 Å². The fourth-order valence-electron chi connectivity index (χ4n) is 1.70. The quantitative estimate of drug-likeness (QED) is 0.818. The number of nitrogens with zero attached hydrogens (tertiary/aromatic N) is 2. The molecule has 21 heavy (non-hydrogen) atoms. The van der Waals surface area contributed by atoms with Crippen LogP contribution in [0, 0.1) is 24.0 Å². The summed E-state index contributed by atoms with van der Waals surface area (Å²) in [6.45, 7) is 3.03. The zero-order chi connectivity index (χ0) is 15.8. The molecule has 110 valence electrons. The SMILES string of the molecule is C#Cc1cc(F)c(F)cc1-c1cnn(S(=O)(=O)C(C)C)c1. The molecule has 7 heteroatoms. The molecule has 0 aliphatic rings. The monoisotopic (exact) mass is 310 g/mol. The molecule has 1 heterocycles. The van der Waals surface area contributed by atoms with Gasteiger partial charge in [-0.15, -0.1) is 6.42 Å². The molecular weight excluding hydrogens is 298 g/mol. The van der Waals surface area contributed by atoms with Crippen molar-refractivity contribution in [1.82, 2.24) is 9.19 Å². The second-order valence-corrected chi connectivity index (χ2v) is 7.00. The van der Waals surface area contributed by atoms with Crippen molar-refractivity contribution in [2.45, 2.75) is 19.1 Å². The topological polar surface area (TPSA) is 52.0 Å². The number of hydrogen-bond donors (Lipinski definition) is 0. The van der Waals surface area contributed by atoms with Crippen molar-refractivity contribution in [2.75, 3.05) is 0 Å². The van der Waals surface area contributed by atoms with Crippen molar-refractivity contribution >= 4 is 10.0 Å². The molecule has 0 unspecified atom stereocenters. The van der Waals surface area contributed by atoms with Gasteiger partial charge in [-0.05, 0) is 26.0 Å². The third-order valence-corrected chi connectivity index (χ3v) is 4.86. The Kier molecular flexibility index (Phi) is 3.83. The summed E-state index contributed by atoms with van der Waals surface area (Å²) in [4.78, 5) is 0. The molecule has 0 bridgehead atoms. The Labute approximate surface area is 121 Å². The van der Waals surface area contributed by atoms with E-state index in [-0.39, 0.29) is 11.1 Å². The van der Waals surface area contributed by atoms with Crippen molar-refractivity contribution < 1.29 is 17.2 Å². The van der Waals surface area contributed by atoms with Crippen molar-refractivity contribution in [3.63, 3.8) is 0 Å². The zero-order valence-corrected chi connectivity index (χ0v) is 12.2. The maximum absolute atomic E-state index is 13.4. The van der Waals surface area contributed by atoms with Crippen LogP contribution in [0.1, 0.15) is 19.4 Å². The summed E-state index contributed by atoms with van der Waals surface area (Å²) in [6, 6.07) is 1.81. The van der Waals surface area contributed by atoms with Gasteiger partial charge in [0.15, 0.2) is 11.6 Å². The highest BCUT2D eigenvalue weighted by Crippen LogP contribution is 2.26. The van der Waals surface area contributed by atoms with Crippen LogP contribution in [-0.4, -0.2) is 22.9 Å². The average Bonchev–Trinajstić information content (AvgIpc) is 2.91. The Morgan fingerprint density at radius 3 is 2.48 bits per heavy atom. The Morgan fingerprint density at radius 2 is 1.90 bits per heavy atom. The van der Waals surface area contributed by atoms with Crippen molar-refractivity contribution in [1.29, 1.82) is 0 Å². The Hall–Kier alpha value is -2.20. The highest BCUT2D eigenvalue weighted by Gasteiger charge is 2.20. The molecule has 1 aromatic heterocycles. The predicted octanol–water partition coefficient (Wildman–Crippen LogP) is 2.40. The van der Waals surface area contributed by atoms with E-state index in [1.807, 2.05) is 0 Å². The van der Waals surface area contributed by atoms with E-state index < -0.39 is 26.9 Å². The third kappa shape index (κ3) is 2.67. The minimum atomic E-state index is -3.62. The zero-order valence-electron chi connectivity index (χ0n) is 11.3. The Morgan fingerprint density at radius 1 is 1.29 bits per heavy atom. The second-order valence-electron chi connectivity index (χ2n) is 4.65. The van der Waals surface area contributed by atoms with Crippen molar-refractivity contribution in [3.05, 3.63) is 41.7 Å². The van der Waals surface area contributed by atoms with Crippen LogP contribution in [0.15, 0.2) is 24.5 Å². The Bertz CT molecular complexity index is 833. The summed E-state index contributed by atoms with van der Waals surface area (Å²) in [5.41, 5.74) is 0.628. The van der Waals surface area contributed by atoms with Crippen molar-refractivity contribution in [3.8, 4) is 23.5 Å². The molecule has 0 saturated heterocycles. The van der Waals surface area contributed by atoms with E-state index in [2.05, 4.69) is 11.0 Å². The molecule has 0 amide bonds. The average molecular weight is 310 g/mol. The molecule has 0 spiro atoms. The summed E-state index contributed by atoms with van der Waals surface area (Å²) in [7, 11) is -3.62. The first-order chi connectivity index (χ1) is 9.77. The van der Waals surface area contributed by atoms with E-state index in [9.17, 15) is 17.2 Å². The fraction of sp³-hybridized carbons (Fsp3) is 0.214. The predicted molar refractivity (Wildman–Crippen MR) is 75.0 cm³/mol. The van der Waals surface area contributed by atoms with E-state index in [0.717, 1.165) is 16.2 Å². The van der Waals surface area contributed by atoms with Crippen LogP contribution in [0.4, 0.5) is 8.78 Å². The normalized spacial score (nSPS) is 11.6. The first kappa shape index (κ1) is 15.2. The molecule has 1 aromatic carbocycles. The van der Waals surface area contributed by atoms with Crippen LogP contribution in [0.2, 0.25) is 0 Å². The molecule has 2 rings (SSSR count). The number of hydrogen-bond acceptors (Lipinski definition) is 3. The number of benzene rings is 1. The van der Waals surface area contributed by atoms with Gasteiger partial charge in [-0.1, -0.05) is 5.92 Å². The van der Waals surface area contributed by atoms with Gasteiger partial charge in [-0.2, -0.15) is 9.19 Å². The summed E-state index contributed by atoms with van der Waals surface area (Å²) in [5.74, 6) is 0.112. The van der Waals surface area contributed by atoms with Gasteiger partial charge in [-0.25, -0.2) is 17.2 Å². The minimum Gasteiger partial charge on any atom is -0.204 e. The van der Waals surface area contributed by atoms with E-state index >= 15 is 0 Å². The van der Waals surface area contributed by atoms with Crippen LogP contribution < -0.4 is 0 Å². The lowest BCUT2D eigenvalue weighted by Crippen LogP contribution is -2.22. The molecule has 0 saturated carbocycles. The third-order valence-electron chi connectivity index (χ3n) is 2.94. The maximum Gasteiger partial charge on any atom is 0.256 e. The molecular formula is C14H12F2N2O2S. The molecule has 0 aliphatic carbocycles. The van der Waals surface area contributed by atoms with Crippen LogP contribution in [-0.2, 0) is 10.0 Å². The second kappa shape index (κ2) is 5.30. The summed E-state index contributed by atoms with van der Waals surface area (Å²) in [6.07, 6.45) is 7.73. The summed E-state index contributed by atoms with van der Waals surface area (Å²) in [5, 5.41) is 3.09. The van der Waals surface area contributed by atoms with Gasteiger partial charge in [0, 0.05) is 16.7 Å². The molecule has 0 aliphatic heterocycles. The molecule has 0 radical (unpaired) electrons. The fourth-order valence-corrected chi connectivity index (χ4v) is 2.58. The Balaban J connectivity index is 2.58. The summed E-state index contributed by atoms with van der Waals surface area (Å²) >= 11 is 0. The van der Waals surface area contributed by atoms with Gasteiger partial charge in [0.1, 0.15) is 0 Å². The smallest absolute Gasteiger partial charge is 0.204 e. The van der Waals surface area contributed by atoms with Gasteiger partial charge >= 0.3 is 0 Å². The number of aromatic nitrogens is 2. The lowest BCUT2D eigenvalue weighted by Gasteiger charge is -2.07. The van der Waals surface area contributed by atoms with Crippen molar-refractivity contribution in [2.24, 2.45) is 0 Å².